The summed E-state index contributed by atoms with van der Waals surface area (Å²) in [5, 5.41) is 6.87. The molecular weight excluding hydrogens is 366 g/mol. The Hall–Kier alpha value is -3.32. The topological polar surface area (TPSA) is 102 Å². The number of nitrogens with two attached hydrogens (primary N) is 1. The molecule has 0 fully saturated rings. The van der Waals surface area contributed by atoms with Crippen molar-refractivity contribution in [3.05, 3.63) is 64.9 Å². The Labute approximate surface area is 161 Å². The summed E-state index contributed by atoms with van der Waals surface area (Å²) in [6, 6.07) is 12.4. The van der Waals surface area contributed by atoms with Crippen LogP contribution in [0.4, 0.5) is 28.7 Å². The molecule has 0 bridgehead atoms. The van der Waals surface area contributed by atoms with Crippen LogP contribution >= 0.6 is 11.6 Å². The minimum absolute atomic E-state index is 0.302. The fourth-order valence-corrected chi connectivity index (χ4v) is 2.65. The van der Waals surface area contributed by atoms with E-state index in [4.69, 9.17) is 22.1 Å². The Bertz CT molecular complexity index is 994. The number of nitrogens with zero attached hydrogens (tertiary/aromatic N) is 2. The highest BCUT2D eigenvalue weighted by molar-refractivity contribution is 6.31. The van der Waals surface area contributed by atoms with Crippen LogP contribution in [0.15, 0.2) is 48.8 Å². The van der Waals surface area contributed by atoms with Gasteiger partial charge < -0.3 is 21.1 Å². The molecular formula is C19H18ClN5O2. The van der Waals surface area contributed by atoms with Gasteiger partial charge in [0.2, 0.25) is 0 Å². The maximum absolute atomic E-state index is 11.9. The molecule has 0 radical (unpaired) electrons. The van der Waals surface area contributed by atoms with E-state index in [0.29, 0.717) is 33.6 Å². The van der Waals surface area contributed by atoms with Crippen LogP contribution in [0.5, 0.6) is 0 Å². The Morgan fingerprint density at radius 1 is 1.04 bits per heavy atom. The predicted molar refractivity (Wildman–Crippen MR) is 107 cm³/mol. The number of nitrogens with one attached hydrogen (secondary N) is 2. The number of para-hydroxylation sites is 1. The molecule has 3 rings (SSSR count). The third kappa shape index (κ3) is 3.93. The summed E-state index contributed by atoms with van der Waals surface area (Å²) in [5.74, 6) is 0.329. The van der Waals surface area contributed by atoms with Crippen LogP contribution in [0, 0.1) is 6.92 Å². The van der Waals surface area contributed by atoms with E-state index in [-0.39, 0.29) is 0 Å². The lowest BCUT2D eigenvalue weighted by atomic mass is 10.1. The second-order valence-corrected chi connectivity index (χ2v) is 6.09. The fraction of sp³-hybridized carbons (Fsp3) is 0.105. The molecule has 4 N–H and O–H groups in total. The van der Waals surface area contributed by atoms with Crippen LogP contribution < -0.4 is 16.4 Å². The summed E-state index contributed by atoms with van der Waals surface area (Å²) < 4.78 is 4.80. The number of carbonyl (C=O) groups excluding carboxylic acids is 1. The predicted octanol–water partition coefficient (Wildman–Crippen LogP) is 4.29. The number of ether oxygens (including phenoxy) is 1. The molecule has 0 spiro atoms. The van der Waals surface area contributed by atoms with Crippen molar-refractivity contribution in [3.63, 3.8) is 0 Å². The number of aromatic nitrogens is 2. The molecule has 8 heteroatoms. The highest BCUT2D eigenvalue weighted by Gasteiger charge is 2.15. The quantitative estimate of drug-likeness (QED) is 0.564. The van der Waals surface area contributed by atoms with Gasteiger partial charge in [-0.2, -0.15) is 0 Å². The van der Waals surface area contributed by atoms with Gasteiger partial charge in [-0.3, -0.25) is 0 Å². The summed E-state index contributed by atoms with van der Waals surface area (Å²) in [4.78, 5) is 20.3. The fourth-order valence-electron chi connectivity index (χ4n) is 2.47. The lowest BCUT2D eigenvalue weighted by Gasteiger charge is -2.15. The van der Waals surface area contributed by atoms with Gasteiger partial charge in [-0.15, -0.1) is 0 Å². The lowest BCUT2D eigenvalue weighted by Crippen LogP contribution is -2.09. The van der Waals surface area contributed by atoms with Gasteiger partial charge >= 0.3 is 5.97 Å². The summed E-state index contributed by atoms with van der Waals surface area (Å²) in [6.45, 7) is 1.90. The van der Waals surface area contributed by atoms with Crippen molar-refractivity contribution < 1.29 is 9.53 Å². The third-order valence-electron chi connectivity index (χ3n) is 3.99. The number of carbonyl (C=O) groups is 1. The smallest absolute Gasteiger partial charge is 0.339 e. The van der Waals surface area contributed by atoms with E-state index in [1.807, 2.05) is 25.1 Å². The zero-order valence-electron chi connectivity index (χ0n) is 14.8. The van der Waals surface area contributed by atoms with Gasteiger partial charge in [0.05, 0.1) is 18.4 Å². The van der Waals surface area contributed by atoms with E-state index >= 15 is 0 Å². The Balaban J connectivity index is 1.92. The van der Waals surface area contributed by atoms with E-state index in [0.717, 1.165) is 11.3 Å². The van der Waals surface area contributed by atoms with E-state index < -0.39 is 5.97 Å². The first-order chi connectivity index (χ1) is 13.0. The normalized spacial score (nSPS) is 10.3. The van der Waals surface area contributed by atoms with Crippen molar-refractivity contribution in [2.24, 2.45) is 0 Å². The van der Waals surface area contributed by atoms with Crippen molar-refractivity contribution in [3.8, 4) is 0 Å². The van der Waals surface area contributed by atoms with Crippen LogP contribution in [0.3, 0.4) is 0 Å². The highest BCUT2D eigenvalue weighted by atomic mass is 35.5. The zero-order valence-corrected chi connectivity index (χ0v) is 15.5. The maximum Gasteiger partial charge on any atom is 0.339 e. The number of rotatable bonds is 5. The maximum atomic E-state index is 11.9. The summed E-state index contributed by atoms with van der Waals surface area (Å²) in [5.41, 5.74) is 9.09. The van der Waals surface area contributed by atoms with Crippen molar-refractivity contribution in [2.45, 2.75) is 6.92 Å². The summed E-state index contributed by atoms with van der Waals surface area (Å²) in [6.07, 6.45) is 1.38. The molecule has 0 aliphatic rings. The van der Waals surface area contributed by atoms with Crippen molar-refractivity contribution in [1.29, 1.82) is 0 Å². The number of hydrogen-bond donors (Lipinski definition) is 3. The van der Waals surface area contributed by atoms with Gasteiger partial charge in [-0.05, 0) is 36.8 Å². The van der Waals surface area contributed by atoms with Crippen LogP contribution in [0.1, 0.15) is 15.9 Å². The van der Waals surface area contributed by atoms with E-state index in [1.54, 1.807) is 24.3 Å². The van der Waals surface area contributed by atoms with Crippen molar-refractivity contribution in [1.82, 2.24) is 9.97 Å². The van der Waals surface area contributed by atoms with E-state index in [2.05, 4.69) is 20.6 Å². The molecule has 2 aromatic carbocycles. The molecule has 0 saturated heterocycles. The minimum Gasteiger partial charge on any atom is -0.465 e. The van der Waals surface area contributed by atoms with Gasteiger partial charge in [0.15, 0.2) is 11.6 Å². The molecule has 7 nitrogen and oxygen atoms in total. The molecule has 0 amide bonds. The Morgan fingerprint density at radius 3 is 2.37 bits per heavy atom. The van der Waals surface area contributed by atoms with Crippen LogP contribution in [0.25, 0.3) is 0 Å². The molecule has 0 aliphatic heterocycles. The number of esters is 1. The third-order valence-corrected chi connectivity index (χ3v) is 4.40. The first-order valence-electron chi connectivity index (χ1n) is 8.08. The van der Waals surface area contributed by atoms with Crippen LogP contribution in [-0.4, -0.2) is 23.0 Å². The largest absolute Gasteiger partial charge is 0.465 e. The van der Waals surface area contributed by atoms with Gasteiger partial charge in [-0.25, -0.2) is 14.8 Å². The van der Waals surface area contributed by atoms with Crippen molar-refractivity contribution >= 4 is 46.3 Å². The zero-order chi connectivity index (χ0) is 19.4. The lowest BCUT2D eigenvalue weighted by molar-refractivity contribution is 0.0602. The second kappa shape index (κ2) is 7.92. The number of methoxy groups -OCH3 is 1. The number of anilines is 5. The van der Waals surface area contributed by atoms with Gasteiger partial charge in [0, 0.05) is 10.7 Å². The van der Waals surface area contributed by atoms with Gasteiger partial charge in [0.1, 0.15) is 12.0 Å². The molecule has 1 aromatic heterocycles. The highest BCUT2D eigenvalue weighted by Crippen LogP contribution is 2.31. The van der Waals surface area contributed by atoms with Crippen molar-refractivity contribution in [2.75, 3.05) is 23.5 Å². The molecule has 0 unspecified atom stereocenters. The first kappa shape index (κ1) is 18.5. The number of hydrogen-bond acceptors (Lipinski definition) is 7. The second-order valence-electron chi connectivity index (χ2n) is 5.68. The average Bonchev–Trinajstić information content (AvgIpc) is 2.68. The van der Waals surface area contributed by atoms with E-state index in [9.17, 15) is 4.79 Å². The molecule has 27 heavy (non-hydrogen) atoms. The SMILES string of the molecule is COC(=O)c1ccccc1Nc1ncnc(Nc2cccc(Cl)c2C)c1N. The van der Waals surface area contributed by atoms with Crippen LogP contribution in [0.2, 0.25) is 5.02 Å². The summed E-state index contributed by atoms with van der Waals surface area (Å²) >= 11 is 6.16. The minimum atomic E-state index is -0.460. The molecule has 0 saturated carbocycles. The van der Waals surface area contributed by atoms with Crippen LogP contribution in [-0.2, 0) is 4.74 Å². The molecule has 3 aromatic rings. The molecule has 138 valence electrons. The van der Waals surface area contributed by atoms with Gasteiger partial charge in [-0.1, -0.05) is 29.8 Å². The number of halogens is 1. The Morgan fingerprint density at radius 2 is 1.67 bits per heavy atom. The molecule has 1 heterocycles. The molecule has 0 aliphatic carbocycles. The average molecular weight is 384 g/mol. The number of nitrogen functional groups attached to an aromatic ring is 1. The van der Waals surface area contributed by atoms with Gasteiger partial charge in [0.25, 0.3) is 0 Å². The van der Waals surface area contributed by atoms with E-state index in [1.165, 1.54) is 13.4 Å². The Kier molecular flexibility index (Phi) is 5.42. The number of benzene rings is 2. The standard InChI is InChI=1S/C19H18ClN5O2/c1-11-13(20)7-5-9-14(11)24-17-16(21)18(23-10-22-17)25-15-8-4-3-6-12(15)19(26)27-2/h3-10H,21H2,1-2H3,(H2,22,23,24,25). The monoisotopic (exact) mass is 383 g/mol. The first-order valence-corrected chi connectivity index (χ1v) is 8.46. The summed E-state index contributed by atoms with van der Waals surface area (Å²) in [7, 11) is 1.33. The molecule has 0 atom stereocenters.